The molecule has 1 aromatic carbocycles. The van der Waals surface area contributed by atoms with Crippen LogP contribution in [0.25, 0.3) is 0 Å². The van der Waals surface area contributed by atoms with Gasteiger partial charge in [-0.2, -0.15) is 5.10 Å². The van der Waals surface area contributed by atoms with Crippen molar-refractivity contribution in [3.63, 3.8) is 0 Å². The van der Waals surface area contributed by atoms with E-state index in [2.05, 4.69) is 50.2 Å². The average molecular weight is 397 g/mol. The molecule has 0 aliphatic carbocycles. The first-order chi connectivity index (χ1) is 13.8. The topological polar surface area (TPSA) is 70.4 Å². The van der Waals surface area contributed by atoms with E-state index in [1.54, 1.807) is 6.20 Å². The summed E-state index contributed by atoms with van der Waals surface area (Å²) in [5.41, 5.74) is 1.31. The van der Waals surface area contributed by atoms with Gasteiger partial charge in [0.05, 0.1) is 23.9 Å². The molecule has 2 aliphatic rings. The van der Waals surface area contributed by atoms with Crippen molar-refractivity contribution < 1.29 is 9.90 Å². The number of aliphatic hydroxyl groups excluding tert-OH is 1. The summed E-state index contributed by atoms with van der Waals surface area (Å²) in [7, 11) is 0. The van der Waals surface area contributed by atoms with Crippen molar-refractivity contribution in [3.05, 3.63) is 47.7 Å². The fourth-order valence-corrected chi connectivity index (χ4v) is 5.17. The SMILES string of the molecule is CCC1(CC)C[C@@H](O)CN1C(=O)c1cnn2c1N[C@@H](c1ccccc1)CC2(C)C. The maximum atomic E-state index is 13.6. The average Bonchev–Trinajstić information content (AvgIpc) is 3.29. The molecule has 0 bridgehead atoms. The molecule has 2 N–H and O–H groups in total. The molecule has 29 heavy (non-hydrogen) atoms. The number of hydrogen-bond acceptors (Lipinski definition) is 4. The van der Waals surface area contributed by atoms with Crippen LogP contribution >= 0.6 is 0 Å². The minimum Gasteiger partial charge on any atom is -0.391 e. The van der Waals surface area contributed by atoms with E-state index in [9.17, 15) is 9.90 Å². The van der Waals surface area contributed by atoms with Crippen molar-refractivity contribution in [2.24, 2.45) is 0 Å². The van der Waals surface area contributed by atoms with E-state index in [-0.39, 0.29) is 23.0 Å². The van der Waals surface area contributed by atoms with Crippen molar-refractivity contribution in [2.75, 3.05) is 11.9 Å². The lowest BCUT2D eigenvalue weighted by molar-refractivity contribution is 0.0569. The summed E-state index contributed by atoms with van der Waals surface area (Å²) in [6.07, 6.45) is 4.42. The van der Waals surface area contributed by atoms with Crippen molar-refractivity contribution in [1.29, 1.82) is 0 Å². The van der Waals surface area contributed by atoms with Gasteiger partial charge < -0.3 is 15.3 Å². The highest BCUT2D eigenvalue weighted by atomic mass is 16.3. The van der Waals surface area contributed by atoms with Crippen LogP contribution in [0.1, 0.15) is 75.3 Å². The van der Waals surface area contributed by atoms with Gasteiger partial charge >= 0.3 is 0 Å². The maximum Gasteiger partial charge on any atom is 0.259 e. The second-order valence-corrected chi connectivity index (χ2v) is 9.15. The smallest absolute Gasteiger partial charge is 0.259 e. The molecule has 6 heteroatoms. The van der Waals surface area contributed by atoms with E-state index >= 15 is 0 Å². The summed E-state index contributed by atoms with van der Waals surface area (Å²) in [6.45, 7) is 8.91. The zero-order chi connectivity index (χ0) is 20.8. The molecule has 0 saturated carbocycles. The van der Waals surface area contributed by atoms with Crippen LogP contribution in [0.15, 0.2) is 36.5 Å². The second-order valence-electron chi connectivity index (χ2n) is 9.15. The van der Waals surface area contributed by atoms with Gasteiger partial charge in [-0.05, 0) is 45.1 Å². The lowest BCUT2D eigenvalue weighted by atomic mass is 9.88. The van der Waals surface area contributed by atoms with Crippen molar-refractivity contribution in [1.82, 2.24) is 14.7 Å². The number of aromatic nitrogens is 2. The fourth-order valence-electron chi connectivity index (χ4n) is 5.17. The zero-order valence-corrected chi connectivity index (χ0v) is 17.9. The summed E-state index contributed by atoms with van der Waals surface area (Å²) in [6, 6.07) is 10.5. The number of β-amino-alcohol motifs (C(OH)–C–C–N with tert-alkyl or cyclic N) is 1. The number of rotatable bonds is 4. The first kappa shape index (κ1) is 20.0. The second kappa shape index (κ2) is 7.17. The molecule has 1 fully saturated rings. The Kier molecular flexibility index (Phi) is 4.93. The first-order valence-corrected chi connectivity index (χ1v) is 10.7. The van der Waals surface area contributed by atoms with Crippen LogP contribution in [0.4, 0.5) is 5.82 Å². The van der Waals surface area contributed by atoms with Crippen LogP contribution < -0.4 is 5.32 Å². The Morgan fingerprint density at radius 3 is 2.55 bits per heavy atom. The summed E-state index contributed by atoms with van der Waals surface area (Å²) >= 11 is 0. The molecule has 6 nitrogen and oxygen atoms in total. The highest BCUT2D eigenvalue weighted by molar-refractivity contribution is 5.99. The van der Waals surface area contributed by atoms with Gasteiger partial charge in [-0.15, -0.1) is 0 Å². The number of carbonyl (C=O) groups is 1. The Hall–Kier alpha value is -2.34. The Bertz CT molecular complexity index is 886. The van der Waals surface area contributed by atoms with Crippen LogP contribution in [0.2, 0.25) is 0 Å². The molecule has 0 radical (unpaired) electrons. The van der Waals surface area contributed by atoms with Crippen LogP contribution in [0.3, 0.4) is 0 Å². The number of amides is 1. The van der Waals surface area contributed by atoms with E-state index < -0.39 is 6.10 Å². The van der Waals surface area contributed by atoms with Crippen molar-refractivity contribution in [3.8, 4) is 0 Å². The number of nitrogens with zero attached hydrogens (tertiary/aromatic N) is 3. The van der Waals surface area contributed by atoms with Gasteiger partial charge in [0.1, 0.15) is 11.4 Å². The molecule has 3 heterocycles. The molecule has 1 aromatic heterocycles. The van der Waals surface area contributed by atoms with E-state index in [0.717, 1.165) is 25.1 Å². The predicted molar refractivity (Wildman–Crippen MR) is 114 cm³/mol. The lowest BCUT2D eigenvalue weighted by Crippen LogP contribution is -2.47. The minimum atomic E-state index is -0.466. The van der Waals surface area contributed by atoms with E-state index in [4.69, 9.17) is 0 Å². The molecule has 2 atom stereocenters. The highest BCUT2D eigenvalue weighted by Gasteiger charge is 2.47. The molecular formula is C23H32N4O2. The number of anilines is 1. The first-order valence-electron chi connectivity index (χ1n) is 10.7. The van der Waals surface area contributed by atoms with Gasteiger partial charge in [-0.3, -0.25) is 4.79 Å². The highest BCUT2D eigenvalue weighted by Crippen LogP contribution is 2.42. The number of hydrogen-bond donors (Lipinski definition) is 2. The predicted octanol–water partition coefficient (Wildman–Crippen LogP) is 3.94. The summed E-state index contributed by atoms with van der Waals surface area (Å²) in [5, 5.41) is 18.5. The summed E-state index contributed by atoms with van der Waals surface area (Å²) in [5.74, 6) is 0.742. The molecule has 2 aliphatic heterocycles. The fraction of sp³-hybridized carbons (Fsp3) is 0.565. The van der Waals surface area contributed by atoms with Gasteiger partial charge in [0.25, 0.3) is 5.91 Å². The third-order valence-electron chi connectivity index (χ3n) is 6.93. The summed E-state index contributed by atoms with van der Waals surface area (Å²) in [4.78, 5) is 15.5. The molecule has 1 saturated heterocycles. The quantitative estimate of drug-likeness (QED) is 0.821. The number of benzene rings is 1. The monoisotopic (exact) mass is 396 g/mol. The third-order valence-corrected chi connectivity index (χ3v) is 6.93. The number of fused-ring (bicyclic) bond motifs is 1. The van der Waals surface area contributed by atoms with Gasteiger partial charge in [0.15, 0.2) is 0 Å². The molecule has 1 amide bonds. The van der Waals surface area contributed by atoms with Crippen LogP contribution in [-0.4, -0.2) is 43.9 Å². The van der Waals surface area contributed by atoms with E-state index in [0.29, 0.717) is 18.5 Å². The Labute approximate surface area is 172 Å². The lowest BCUT2D eigenvalue weighted by Gasteiger charge is -2.39. The van der Waals surface area contributed by atoms with Gasteiger partial charge in [0, 0.05) is 12.1 Å². The number of aliphatic hydroxyl groups is 1. The van der Waals surface area contributed by atoms with Crippen molar-refractivity contribution >= 4 is 11.7 Å². The van der Waals surface area contributed by atoms with Crippen LogP contribution in [-0.2, 0) is 5.54 Å². The van der Waals surface area contributed by atoms with E-state index in [1.807, 2.05) is 27.8 Å². The van der Waals surface area contributed by atoms with Crippen LogP contribution in [0.5, 0.6) is 0 Å². The van der Waals surface area contributed by atoms with Gasteiger partial charge in [0.2, 0.25) is 0 Å². The van der Waals surface area contributed by atoms with Crippen molar-refractivity contribution in [2.45, 2.75) is 76.6 Å². The Morgan fingerprint density at radius 1 is 1.21 bits per heavy atom. The Morgan fingerprint density at radius 2 is 1.90 bits per heavy atom. The minimum absolute atomic E-state index is 0.0384. The van der Waals surface area contributed by atoms with E-state index in [1.165, 1.54) is 5.56 Å². The van der Waals surface area contributed by atoms with Crippen LogP contribution in [0, 0.1) is 0 Å². The summed E-state index contributed by atoms with van der Waals surface area (Å²) < 4.78 is 1.95. The standard InChI is InChI=1S/C23H32N4O2/c1-5-23(6-2)12-17(28)15-26(23)21(29)18-14-24-27-20(18)25-19(13-22(27,3)4)16-10-8-7-9-11-16/h7-11,14,17,19,25,28H,5-6,12-13,15H2,1-4H3/t17-,19-/m1/s1. The Balaban J connectivity index is 1.71. The van der Waals surface area contributed by atoms with Gasteiger partial charge in [-0.1, -0.05) is 44.2 Å². The largest absolute Gasteiger partial charge is 0.391 e. The maximum absolute atomic E-state index is 13.6. The van der Waals surface area contributed by atoms with Gasteiger partial charge in [-0.25, -0.2) is 4.68 Å². The molecule has 2 aromatic rings. The number of likely N-dealkylation sites (tertiary alicyclic amines) is 1. The molecule has 156 valence electrons. The number of carbonyl (C=O) groups excluding carboxylic acids is 1. The molecule has 4 rings (SSSR count). The number of nitrogens with one attached hydrogen (secondary N) is 1. The molecule has 0 spiro atoms. The molecular weight excluding hydrogens is 364 g/mol. The normalized spacial score (nSPS) is 24.8. The zero-order valence-electron chi connectivity index (χ0n) is 17.9. The third kappa shape index (κ3) is 3.23. The molecule has 0 unspecified atom stereocenters.